The maximum Gasteiger partial charge on any atom is 0.224 e. The predicted octanol–water partition coefficient (Wildman–Crippen LogP) is 4.73. The second-order valence-electron chi connectivity index (χ2n) is 5.71. The lowest BCUT2D eigenvalue weighted by Crippen LogP contribution is -2.12. The zero-order valence-corrected chi connectivity index (χ0v) is 15.3. The van der Waals surface area contributed by atoms with E-state index in [-0.39, 0.29) is 5.91 Å². The molecule has 1 amide bonds. The number of aryl methyl sites for hydroxylation is 1. The minimum atomic E-state index is -0.0174. The van der Waals surface area contributed by atoms with Crippen molar-refractivity contribution in [3.8, 4) is 17.6 Å². The van der Waals surface area contributed by atoms with Crippen molar-refractivity contribution in [2.24, 2.45) is 0 Å². The Morgan fingerprint density at radius 1 is 1.08 bits per heavy atom. The molecular formula is C22H19NO2S. The standard InChI is InChI=1S/C22H19NO2S/c1-25-20-8-3-6-18(16-20)11-13-22(24)23-19-7-2-5-17(15-19)10-12-21-9-4-14-26-21/h2-9,14-16H,11,13H2,1H3,(H,23,24). The van der Waals surface area contributed by atoms with Gasteiger partial charge < -0.3 is 10.1 Å². The van der Waals surface area contributed by atoms with E-state index in [9.17, 15) is 4.79 Å². The summed E-state index contributed by atoms with van der Waals surface area (Å²) in [6.45, 7) is 0. The average molecular weight is 361 g/mol. The normalized spacial score (nSPS) is 9.88. The number of hydrogen-bond acceptors (Lipinski definition) is 3. The van der Waals surface area contributed by atoms with Crippen molar-refractivity contribution in [1.82, 2.24) is 0 Å². The van der Waals surface area contributed by atoms with Crippen LogP contribution in [0.3, 0.4) is 0 Å². The number of anilines is 1. The van der Waals surface area contributed by atoms with Crippen LogP contribution in [-0.2, 0) is 11.2 Å². The van der Waals surface area contributed by atoms with Gasteiger partial charge in [0, 0.05) is 17.7 Å². The maximum atomic E-state index is 12.2. The van der Waals surface area contributed by atoms with Gasteiger partial charge in [-0.05, 0) is 53.8 Å². The first-order valence-electron chi connectivity index (χ1n) is 8.31. The molecule has 0 saturated carbocycles. The zero-order chi connectivity index (χ0) is 18.2. The number of benzene rings is 2. The Bertz CT molecular complexity index is 936. The Morgan fingerprint density at radius 2 is 1.96 bits per heavy atom. The van der Waals surface area contributed by atoms with Gasteiger partial charge >= 0.3 is 0 Å². The number of methoxy groups -OCH3 is 1. The number of amides is 1. The van der Waals surface area contributed by atoms with Gasteiger partial charge in [-0.15, -0.1) is 11.3 Å². The molecule has 0 aliphatic carbocycles. The Labute approximate surface area is 157 Å². The fourth-order valence-electron chi connectivity index (χ4n) is 2.47. The Balaban J connectivity index is 1.58. The molecule has 26 heavy (non-hydrogen) atoms. The summed E-state index contributed by atoms with van der Waals surface area (Å²) >= 11 is 1.61. The van der Waals surface area contributed by atoms with Crippen molar-refractivity contribution in [3.05, 3.63) is 82.0 Å². The molecule has 3 aromatic rings. The van der Waals surface area contributed by atoms with Gasteiger partial charge in [0.2, 0.25) is 5.91 Å². The van der Waals surface area contributed by atoms with E-state index in [0.29, 0.717) is 12.8 Å². The van der Waals surface area contributed by atoms with Gasteiger partial charge in [-0.3, -0.25) is 4.79 Å². The van der Waals surface area contributed by atoms with Crippen LogP contribution in [0.5, 0.6) is 5.75 Å². The average Bonchev–Trinajstić information content (AvgIpc) is 3.19. The number of thiophene rings is 1. The molecule has 1 aromatic heterocycles. The molecule has 3 rings (SSSR count). The van der Waals surface area contributed by atoms with Crippen molar-refractivity contribution in [3.63, 3.8) is 0 Å². The van der Waals surface area contributed by atoms with Gasteiger partial charge in [0.15, 0.2) is 0 Å². The highest BCUT2D eigenvalue weighted by atomic mass is 32.1. The number of nitrogens with one attached hydrogen (secondary N) is 1. The lowest BCUT2D eigenvalue weighted by molar-refractivity contribution is -0.116. The number of carbonyl (C=O) groups is 1. The summed E-state index contributed by atoms with van der Waals surface area (Å²) in [5, 5.41) is 4.94. The molecule has 0 spiro atoms. The minimum Gasteiger partial charge on any atom is -0.497 e. The predicted molar refractivity (Wildman–Crippen MR) is 107 cm³/mol. The molecule has 0 atom stereocenters. The molecule has 0 saturated heterocycles. The summed E-state index contributed by atoms with van der Waals surface area (Å²) < 4.78 is 5.21. The number of ether oxygens (including phenoxy) is 1. The smallest absolute Gasteiger partial charge is 0.224 e. The summed E-state index contributed by atoms with van der Waals surface area (Å²) in [7, 11) is 1.64. The first kappa shape index (κ1) is 17.8. The quantitative estimate of drug-likeness (QED) is 0.667. The molecule has 1 N–H and O–H groups in total. The van der Waals surface area contributed by atoms with Crippen LogP contribution >= 0.6 is 11.3 Å². The van der Waals surface area contributed by atoms with Gasteiger partial charge in [0.25, 0.3) is 0 Å². The van der Waals surface area contributed by atoms with Gasteiger partial charge in [-0.1, -0.05) is 36.1 Å². The lowest BCUT2D eigenvalue weighted by Gasteiger charge is -2.07. The van der Waals surface area contributed by atoms with Crippen LogP contribution in [0.1, 0.15) is 22.4 Å². The molecular weight excluding hydrogens is 342 g/mol. The largest absolute Gasteiger partial charge is 0.497 e. The van der Waals surface area contributed by atoms with Crippen LogP contribution < -0.4 is 10.1 Å². The third-order valence-electron chi connectivity index (χ3n) is 3.77. The van der Waals surface area contributed by atoms with E-state index in [1.807, 2.05) is 66.0 Å². The Kier molecular flexibility index (Phi) is 6.08. The molecule has 0 radical (unpaired) electrons. The van der Waals surface area contributed by atoms with Gasteiger partial charge in [0.1, 0.15) is 5.75 Å². The summed E-state index contributed by atoms with van der Waals surface area (Å²) in [5.74, 6) is 7.04. The van der Waals surface area contributed by atoms with Gasteiger partial charge in [0.05, 0.1) is 12.0 Å². The summed E-state index contributed by atoms with van der Waals surface area (Å²) in [5.41, 5.74) is 2.72. The summed E-state index contributed by atoms with van der Waals surface area (Å²) in [4.78, 5) is 13.2. The molecule has 0 aliphatic heterocycles. The highest BCUT2D eigenvalue weighted by molar-refractivity contribution is 7.10. The van der Waals surface area contributed by atoms with Crippen molar-refractivity contribution >= 4 is 22.9 Å². The number of carbonyl (C=O) groups excluding carboxylic acids is 1. The topological polar surface area (TPSA) is 38.3 Å². The second-order valence-corrected chi connectivity index (χ2v) is 6.66. The Hall–Kier alpha value is -3.03. The number of rotatable bonds is 5. The molecule has 0 aliphatic rings. The van der Waals surface area contributed by atoms with E-state index in [1.165, 1.54) is 0 Å². The van der Waals surface area contributed by atoms with Crippen LogP contribution in [-0.4, -0.2) is 13.0 Å². The van der Waals surface area contributed by atoms with E-state index in [2.05, 4.69) is 17.2 Å². The summed E-state index contributed by atoms with van der Waals surface area (Å²) in [6.07, 6.45) is 1.08. The van der Waals surface area contributed by atoms with E-state index in [1.54, 1.807) is 18.4 Å². The molecule has 0 unspecified atom stereocenters. The SMILES string of the molecule is COc1cccc(CCC(=O)Nc2cccc(C#Cc3cccs3)c2)c1. The maximum absolute atomic E-state index is 12.2. The summed E-state index contributed by atoms with van der Waals surface area (Å²) in [6, 6.07) is 19.3. The molecule has 4 heteroatoms. The molecule has 1 heterocycles. The van der Waals surface area contributed by atoms with E-state index >= 15 is 0 Å². The van der Waals surface area contributed by atoms with E-state index < -0.39 is 0 Å². The molecule has 130 valence electrons. The third kappa shape index (κ3) is 5.23. The number of hydrogen-bond donors (Lipinski definition) is 1. The molecule has 2 aromatic carbocycles. The van der Waals surface area contributed by atoms with Crippen molar-refractivity contribution in [2.45, 2.75) is 12.8 Å². The van der Waals surface area contributed by atoms with E-state index in [4.69, 9.17) is 4.74 Å². The van der Waals surface area contributed by atoms with Gasteiger partial charge in [-0.25, -0.2) is 0 Å². The monoisotopic (exact) mass is 361 g/mol. The van der Waals surface area contributed by atoms with Gasteiger partial charge in [-0.2, -0.15) is 0 Å². The van der Waals surface area contributed by atoms with Crippen LogP contribution in [0.25, 0.3) is 0 Å². The van der Waals surface area contributed by atoms with Crippen molar-refractivity contribution in [1.29, 1.82) is 0 Å². The third-order valence-corrected chi connectivity index (χ3v) is 4.56. The van der Waals surface area contributed by atoms with E-state index in [0.717, 1.165) is 27.4 Å². The first-order chi connectivity index (χ1) is 12.7. The van der Waals surface area contributed by atoms with Crippen LogP contribution in [0.4, 0.5) is 5.69 Å². The fourth-order valence-corrected chi connectivity index (χ4v) is 3.04. The molecule has 0 fully saturated rings. The van der Waals surface area contributed by atoms with Crippen LogP contribution in [0.15, 0.2) is 66.0 Å². The highest BCUT2D eigenvalue weighted by Crippen LogP contribution is 2.15. The molecule has 0 bridgehead atoms. The fraction of sp³-hybridized carbons (Fsp3) is 0.136. The zero-order valence-electron chi connectivity index (χ0n) is 14.5. The first-order valence-corrected chi connectivity index (χ1v) is 9.19. The van der Waals surface area contributed by atoms with Crippen molar-refractivity contribution < 1.29 is 9.53 Å². The van der Waals surface area contributed by atoms with Crippen LogP contribution in [0, 0.1) is 11.8 Å². The second kappa shape index (κ2) is 8.89. The Morgan fingerprint density at radius 3 is 2.77 bits per heavy atom. The van der Waals surface area contributed by atoms with Crippen LogP contribution in [0.2, 0.25) is 0 Å². The van der Waals surface area contributed by atoms with Crippen molar-refractivity contribution in [2.75, 3.05) is 12.4 Å². The highest BCUT2D eigenvalue weighted by Gasteiger charge is 2.04. The molecule has 3 nitrogen and oxygen atoms in total. The lowest BCUT2D eigenvalue weighted by atomic mass is 10.1. The minimum absolute atomic E-state index is 0.0174.